The number of benzene rings is 1. The van der Waals surface area contributed by atoms with Crippen molar-refractivity contribution in [1.82, 2.24) is 15.5 Å². The van der Waals surface area contributed by atoms with Gasteiger partial charge in [-0.15, -0.1) is 0 Å². The minimum atomic E-state index is -0.629. The average molecular weight is 257 g/mol. The zero-order valence-electron chi connectivity index (χ0n) is 10.3. The lowest BCUT2D eigenvalue weighted by atomic mass is 10.1. The van der Waals surface area contributed by atoms with E-state index >= 15 is 0 Å². The van der Waals surface area contributed by atoms with E-state index in [1.165, 1.54) is 0 Å². The third-order valence-corrected chi connectivity index (χ3v) is 3.09. The molecule has 3 N–H and O–H groups in total. The van der Waals surface area contributed by atoms with Crippen LogP contribution in [-0.4, -0.2) is 21.8 Å². The molecule has 0 amide bonds. The van der Waals surface area contributed by atoms with Crippen molar-refractivity contribution in [3.05, 3.63) is 54.1 Å². The van der Waals surface area contributed by atoms with E-state index < -0.39 is 6.10 Å². The fraction of sp³-hybridized carbons (Fsp3) is 0.214. The molecule has 3 rings (SSSR count). The summed E-state index contributed by atoms with van der Waals surface area (Å²) >= 11 is 0. The van der Waals surface area contributed by atoms with Crippen LogP contribution in [-0.2, 0) is 6.54 Å². The Bertz CT molecular complexity index is 646. The Morgan fingerprint density at radius 3 is 3.11 bits per heavy atom. The maximum absolute atomic E-state index is 9.88. The molecule has 0 aliphatic carbocycles. The first-order valence-corrected chi connectivity index (χ1v) is 6.18. The number of fused-ring (bicyclic) bond motifs is 1. The SMILES string of the molecule is OC(CNCc1cccc2cn[nH]c12)c1ccco1. The molecule has 19 heavy (non-hydrogen) atoms. The summed E-state index contributed by atoms with van der Waals surface area (Å²) in [5.41, 5.74) is 2.16. The topological polar surface area (TPSA) is 74.1 Å². The van der Waals surface area contributed by atoms with Crippen LogP contribution in [0, 0.1) is 0 Å². The number of furan rings is 1. The molecule has 2 aromatic heterocycles. The van der Waals surface area contributed by atoms with Crippen molar-refractivity contribution in [2.45, 2.75) is 12.6 Å². The van der Waals surface area contributed by atoms with Gasteiger partial charge in [0, 0.05) is 18.5 Å². The molecule has 0 saturated heterocycles. The minimum Gasteiger partial charge on any atom is -0.467 e. The van der Waals surface area contributed by atoms with Crippen molar-refractivity contribution >= 4 is 10.9 Å². The van der Waals surface area contributed by atoms with E-state index in [0.29, 0.717) is 18.8 Å². The normalized spacial score (nSPS) is 12.9. The first-order chi connectivity index (χ1) is 9.34. The summed E-state index contributed by atoms with van der Waals surface area (Å²) < 4.78 is 5.15. The third-order valence-electron chi connectivity index (χ3n) is 3.09. The Hall–Kier alpha value is -2.11. The highest BCUT2D eigenvalue weighted by Gasteiger charge is 2.10. The molecule has 0 aliphatic rings. The summed E-state index contributed by atoms with van der Waals surface area (Å²) in [5.74, 6) is 0.576. The van der Waals surface area contributed by atoms with E-state index in [0.717, 1.165) is 16.5 Å². The second-order valence-corrected chi connectivity index (χ2v) is 4.41. The molecule has 3 aromatic rings. The van der Waals surface area contributed by atoms with Crippen molar-refractivity contribution < 1.29 is 9.52 Å². The van der Waals surface area contributed by atoms with Crippen molar-refractivity contribution in [3.63, 3.8) is 0 Å². The quantitative estimate of drug-likeness (QED) is 0.653. The molecule has 0 radical (unpaired) electrons. The van der Waals surface area contributed by atoms with Crippen LogP contribution >= 0.6 is 0 Å². The number of rotatable bonds is 5. The van der Waals surface area contributed by atoms with Gasteiger partial charge in [-0.3, -0.25) is 5.10 Å². The minimum absolute atomic E-state index is 0.442. The van der Waals surface area contributed by atoms with Crippen LogP contribution in [0.15, 0.2) is 47.2 Å². The maximum atomic E-state index is 9.88. The van der Waals surface area contributed by atoms with Gasteiger partial charge in [0.25, 0.3) is 0 Å². The lowest BCUT2D eigenvalue weighted by Gasteiger charge is -2.09. The van der Waals surface area contributed by atoms with Crippen LogP contribution in [0.2, 0.25) is 0 Å². The monoisotopic (exact) mass is 257 g/mol. The number of aromatic nitrogens is 2. The van der Waals surface area contributed by atoms with Crippen LogP contribution in [0.5, 0.6) is 0 Å². The van der Waals surface area contributed by atoms with Crippen molar-refractivity contribution in [1.29, 1.82) is 0 Å². The Kier molecular flexibility index (Phi) is 3.31. The number of aliphatic hydroxyl groups is 1. The van der Waals surface area contributed by atoms with Crippen LogP contribution in [0.25, 0.3) is 10.9 Å². The Labute approximate surface area is 110 Å². The number of para-hydroxylation sites is 1. The molecule has 2 heterocycles. The van der Waals surface area contributed by atoms with Gasteiger partial charge in [-0.05, 0) is 17.7 Å². The second-order valence-electron chi connectivity index (χ2n) is 4.41. The molecule has 0 aliphatic heterocycles. The zero-order valence-corrected chi connectivity index (χ0v) is 10.3. The number of H-pyrrole nitrogens is 1. The van der Waals surface area contributed by atoms with E-state index in [9.17, 15) is 5.11 Å². The third kappa shape index (κ3) is 2.52. The highest BCUT2D eigenvalue weighted by atomic mass is 16.4. The lowest BCUT2D eigenvalue weighted by molar-refractivity contribution is 0.147. The van der Waals surface area contributed by atoms with Crippen LogP contribution in [0.3, 0.4) is 0 Å². The fourth-order valence-electron chi connectivity index (χ4n) is 2.10. The van der Waals surface area contributed by atoms with Crippen LogP contribution in [0.4, 0.5) is 0 Å². The van der Waals surface area contributed by atoms with E-state index in [1.807, 2.05) is 18.2 Å². The highest BCUT2D eigenvalue weighted by molar-refractivity contribution is 5.81. The van der Waals surface area contributed by atoms with Gasteiger partial charge in [-0.2, -0.15) is 5.10 Å². The first-order valence-electron chi connectivity index (χ1n) is 6.18. The molecule has 98 valence electrons. The smallest absolute Gasteiger partial charge is 0.133 e. The Morgan fingerprint density at radius 2 is 2.26 bits per heavy atom. The van der Waals surface area contributed by atoms with Gasteiger partial charge >= 0.3 is 0 Å². The molecular formula is C14H15N3O2. The predicted octanol–water partition coefficient (Wildman–Crippen LogP) is 1.98. The maximum Gasteiger partial charge on any atom is 0.133 e. The molecule has 5 heteroatoms. The summed E-state index contributed by atoms with van der Waals surface area (Å²) in [4.78, 5) is 0. The molecule has 0 saturated carbocycles. The number of hydrogen-bond acceptors (Lipinski definition) is 4. The summed E-state index contributed by atoms with van der Waals surface area (Å²) in [7, 11) is 0. The Balaban J connectivity index is 1.62. The number of hydrogen-bond donors (Lipinski definition) is 3. The molecule has 1 atom stereocenters. The molecule has 1 unspecified atom stereocenters. The fourth-order valence-corrected chi connectivity index (χ4v) is 2.10. The zero-order chi connectivity index (χ0) is 13.1. The summed E-state index contributed by atoms with van der Waals surface area (Å²) in [6.45, 7) is 1.11. The number of nitrogens with zero attached hydrogens (tertiary/aromatic N) is 1. The second kappa shape index (κ2) is 5.26. The van der Waals surface area contributed by atoms with E-state index in [2.05, 4.69) is 15.5 Å². The average Bonchev–Trinajstić information content (AvgIpc) is 3.10. The largest absolute Gasteiger partial charge is 0.467 e. The van der Waals surface area contributed by atoms with Crippen molar-refractivity contribution in [2.24, 2.45) is 0 Å². The van der Waals surface area contributed by atoms with Gasteiger partial charge in [0.2, 0.25) is 0 Å². The van der Waals surface area contributed by atoms with Gasteiger partial charge < -0.3 is 14.8 Å². The molecule has 1 aromatic carbocycles. The molecule has 0 fully saturated rings. The summed E-state index contributed by atoms with van der Waals surface area (Å²) in [6, 6.07) is 9.58. The van der Waals surface area contributed by atoms with Gasteiger partial charge in [-0.25, -0.2) is 0 Å². The van der Waals surface area contributed by atoms with Crippen LogP contribution < -0.4 is 5.32 Å². The standard InChI is InChI=1S/C14H15N3O2/c18-12(13-5-2-6-19-13)9-15-7-10-3-1-4-11-8-16-17-14(10)11/h1-6,8,12,15,18H,7,9H2,(H,16,17). The van der Waals surface area contributed by atoms with E-state index in [-0.39, 0.29) is 0 Å². The summed E-state index contributed by atoms with van der Waals surface area (Å²) in [6.07, 6.45) is 2.73. The molecule has 5 nitrogen and oxygen atoms in total. The number of nitrogens with one attached hydrogen (secondary N) is 2. The van der Waals surface area contributed by atoms with E-state index in [1.54, 1.807) is 24.6 Å². The molecular weight excluding hydrogens is 242 g/mol. The van der Waals surface area contributed by atoms with Gasteiger partial charge in [0.1, 0.15) is 11.9 Å². The lowest BCUT2D eigenvalue weighted by Crippen LogP contribution is -2.20. The van der Waals surface area contributed by atoms with Gasteiger partial charge in [0.15, 0.2) is 0 Å². The summed E-state index contributed by atoms with van der Waals surface area (Å²) in [5, 5.41) is 21.2. The number of aromatic amines is 1. The van der Waals surface area contributed by atoms with Crippen molar-refractivity contribution in [3.8, 4) is 0 Å². The highest BCUT2D eigenvalue weighted by Crippen LogP contribution is 2.16. The van der Waals surface area contributed by atoms with Crippen LogP contribution in [0.1, 0.15) is 17.4 Å². The Morgan fingerprint density at radius 1 is 1.32 bits per heavy atom. The molecule has 0 spiro atoms. The first kappa shape index (κ1) is 12.0. The number of aliphatic hydroxyl groups excluding tert-OH is 1. The van der Waals surface area contributed by atoms with E-state index in [4.69, 9.17) is 4.42 Å². The van der Waals surface area contributed by atoms with Gasteiger partial charge in [0.05, 0.1) is 18.0 Å². The van der Waals surface area contributed by atoms with Crippen molar-refractivity contribution in [2.75, 3.05) is 6.54 Å². The molecule has 0 bridgehead atoms. The predicted molar refractivity (Wildman–Crippen MR) is 71.5 cm³/mol. The van der Waals surface area contributed by atoms with Gasteiger partial charge in [-0.1, -0.05) is 18.2 Å².